The van der Waals surface area contributed by atoms with Gasteiger partial charge in [0.15, 0.2) is 0 Å². The van der Waals surface area contributed by atoms with E-state index in [9.17, 15) is 0 Å². The van der Waals surface area contributed by atoms with Crippen LogP contribution >= 0.6 is 12.4 Å². The van der Waals surface area contributed by atoms with Crippen LogP contribution in [0.1, 0.15) is 5.56 Å². The minimum Gasteiger partial charge on any atom is -0.467 e. The summed E-state index contributed by atoms with van der Waals surface area (Å²) in [5.74, 6) is 0. The minimum atomic E-state index is 0. The molecule has 0 fully saturated rings. The van der Waals surface area contributed by atoms with Crippen molar-refractivity contribution in [1.82, 2.24) is 9.97 Å². The molecule has 1 aromatic rings. The van der Waals surface area contributed by atoms with Gasteiger partial charge >= 0.3 is 6.01 Å². The number of hydrogen-bond acceptors (Lipinski definition) is 4. The van der Waals surface area contributed by atoms with E-state index in [1.807, 2.05) is 0 Å². The van der Waals surface area contributed by atoms with Crippen molar-refractivity contribution >= 4 is 12.4 Å². The lowest BCUT2D eigenvalue weighted by molar-refractivity contribution is 0.379. The van der Waals surface area contributed by atoms with Crippen molar-refractivity contribution in [3.8, 4) is 6.01 Å². The van der Waals surface area contributed by atoms with Gasteiger partial charge in [-0.2, -0.15) is 0 Å². The first kappa shape index (κ1) is 10.1. The van der Waals surface area contributed by atoms with Crippen LogP contribution in [0, 0.1) is 0 Å². The van der Waals surface area contributed by atoms with E-state index in [0.29, 0.717) is 12.6 Å². The number of nitrogens with zero attached hydrogens (tertiary/aromatic N) is 2. The number of hydrogen-bond donors (Lipinski definition) is 1. The summed E-state index contributed by atoms with van der Waals surface area (Å²) in [4.78, 5) is 7.71. The topological polar surface area (TPSA) is 61.0 Å². The SMILES string of the molecule is COc1ncc(CN)cn1.Cl. The quantitative estimate of drug-likeness (QED) is 0.706. The van der Waals surface area contributed by atoms with E-state index >= 15 is 0 Å². The van der Waals surface area contributed by atoms with E-state index in [2.05, 4.69) is 9.97 Å². The molecule has 0 aromatic carbocycles. The molecule has 1 aromatic heterocycles. The molecular weight excluding hydrogens is 166 g/mol. The van der Waals surface area contributed by atoms with E-state index in [4.69, 9.17) is 10.5 Å². The average molecular weight is 176 g/mol. The van der Waals surface area contributed by atoms with Gasteiger partial charge in [0.05, 0.1) is 7.11 Å². The highest BCUT2D eigenvalue weighted by Crippen LogP contribution is 1.99. The molecule has 0 saturated carbocycles. The largest absolute Gasteiger partial charge is 0.467 e. The van der Waals surface area contributed by atoms with Crippen molar-refractivity contribution < 1.29 is 4.74 Å². The van der Waals surface area contributed by atoms with Gasteiger partial charge in [0, 0.05) is 24.5 Å². The lowest BCUT2D eigenvalue weighted by Gasteiger charge is -1.96. The normalized spacial score (nSPS) is 8.55. The van der Waals surface area contributed by atoms with E-state index in [1.165, 1.54) is 7.11 Å². The average Bonchev–Trinajstić information content (AvgIpc) is 2.05. The number of aromatic nitrogens is 2. The molecule has 0 radical (unpaired) electrons. The third kappa shape index (κ3) is 2.69. The van der Waals surface area contributed by atoms with E-state index in [0.717, 1.165) is 5.56 Å². The number of methoxy groups -OCH3 is 1. The molecule has 0 spiro atoms. The second-order valence-corrected chi connectivity index (χ2v) is 1.78. The van der Waals surface area contributed by atoms with Crippen LogP contribution in [0.15, 0.2) is 12.4 Å². The van der Waals surface area contributed by atoms with Gasteiger partial charge in [-0.15, -0.1) is 12.4 Å². The zero-order valence-corrected chi connectivity index (χ0v) is 6.97. The second kappa shape index (κ2) is 4.87. The first-order valence-corrected chi connectivity index (χ1v) is 2.92. The highest BCUT2D eigenvalue weighted by molar-refractivity contribution is 5.85. The Labute approximate surface area is 71.2 Å². The van der Waals surface area contributed by atoms with Gasteiger partial charge in [-0.05, 0) is 0 Å². The molecule has 0 bridgehead atoms. The maximum atomic E-state index is 5.32. The van der Waals surface area contributed by atoms with Crippen molar-refractivity contribution in [2.45, 2.75) is 6.54 Å². The Bertz CT molecular complexity index is 178. The maximum Gasteiger partial charge on any atom is 0.316 e. The highest BCUT2D eigenvalue weighted by atomic mass is 35.5. The lowest BCUT2D eigenvalue weighted by Crippen LogP contribution is -1.99. The first-order chi connectivity index (χ1) is 4.86. The predicted octanol–water partition coefficient (Wildman–Crippen LogP) is 0.366. The van der Waals surface area contributed by atoms with Gasteiger partial charge < -0.3 is 10.5 Å². The van der Waals surface area contributed by atoms with Crippen molar-refractivity contribution in [3.63, 3.8) is 0 Å². The molecule has 62 valence electrons. The van der Waals surface area contributed by atoms with E-state index in [-0.39, 0.29) is 12.4 Å². The fourth-order valence-electron chi connectivity index (χ4n) is 0.554. The van der Waals surface area contributed by atoms with Gasteiger partial charge in [0.25, 0.3) is 0 Å². The van der Waals surface area contributed by atoms with Crippen LogP contribution in [0.4, 0.5) is 0 Å². The molecule has 0 aliphatic rings. The Morgan fingerprint density at radius 1 is 1.45 bits per heavy atom. The fraction of sp³-hybridized carbons (Fsp3) is 0.333. The molecule has 1 heterocycles. The summed E-state index contributed by atoms with van der Waals surface area (Å²) >= 11 is 0. The van der Waals surface area contributed by atoms with Gasteiger partial charge in [0.2, 0.25) is 0 Å². The predicted molar refractivity (Wildman–Crippen MR) is 43.7 cm³/mol. The second-order valence-electron chi connectivity index (χ2n) is 1.78. The number of ether oxygens (including phenoxy) is 1. The van der Waals surface area contributed by atoms with Crippen LogP contribution < -0.4 is 10.5 Å². The molecule has 2 N–H and O–H groups in total. The summed E-state index contributed by atoms with van der Waals surface area (Å²) in [6.07, 6.45) is 3.29. The standard InChI is InChI=1S/C6H9N3O.ClH/c1-10-6-8-3-5(2-7)4-9-6;/h3-4H,2,7H2,1H3;1H. The fourth-order valence-corrected chi connectivity index (χ4v) is 0.554. The van der Waals surface area contributed by atoms with Crippen molar-refractivity contribution in [2.24, 2.45) is 5.73 Å². The maximum absolute atomic E-state index is 5.32. The Kier molecular flexibility index (Phi) is 4.49. The minimum absolute atomic E-state index is 0. The molecule has 0 amide bonds. The summed E-state index contributed by atoms with van der Waals surface area (Å²) in [6, 6.07) is 0.372. The van der Waals surface area contributed by atoms with Gasteiger partial charge in [-0.25, -0.2) is 9.97 Å². The molecule has 4 nitrogen and oxygen atoms in total. The smallest absolute Gasteiger partial charge is 0.316 e. The van der Waals surface area contributed by atoms with Crippen molar-refractivity contribution in [3.05, 3.63) is 18.0 Å². The zero-order valence-electron chi connectivity index (χ0n) is 6.15. The summed E-state index contributed by atoms with van der Waals surface area (Å²) in [5, 5.41) is 0. The van der Waals surface area contributed by atoms with Crippen molar-refractivity contribution in [2.75, 3.05) is 7.11 Å². The summed E-state index contributed by atoms with van der Waals surface area (Å²) < 4.78 is 4.75. The summed E-state index contributed by atoms with van der Waals surface area (Å²) in [5.41, 5.74) is 6.22. The molecule has 0 unspecified atom stereocenters. The third-order valence-electron chi connectivity index (χ3n) is 1.10. The number of nitrogens with two attached hydrogens (primary N) is 1. The third-order valence-corrected chi connectivity index (χ3v) is 1.10. The van der Waals surface area contributed by atoms with Crippen LogP contribution in [0.5, 0.6) is 6.01 Å². The molecule has 0 atom stereocenters. The van der Waals surface area contributed by atoms with Crippen LogP contribution in [0.2, 0.25) is 0 Å². The number of halogens is 1. The molecule has 1 rings (SSSR count). The molecule has 11 heavy (non-hydrogen) atoms. The summed E-state index contributed by atoms with van der Waals surface area (Å²) in [7, 11) is 1.53. The zero-order chi connectivity index (χ0) is 7.40. The molecule has 0 aliphatic carbocycles. The monoisotopic (exact) mass is 175 g/mol. The Hall–Kier alpha value is -0.870. The van der Waals surface area contributed by atoms with Gasteiger partial charge in [-0.1, -0.05) is 0 Å². The molecule has 0 saturated heterocycles. The van der Waals surface area contributed by atoms with Gasteiger partial charge in [0.1, 0.15) is 0 Å². The number of rotatable bonds is 2. The Morgan fingerprint density at radius 2 is 2.00 bits per heavy atom. The van der Waals surface area contributed by atoms with Gasteiger partial charge in [-0.3, -0.25) is 0 Å². The Morgan fingerprint density at radius 3 is 2.36 bits per heavy atom. The first-order valence-electron chi connectivity index (χ1n) is 2.92. The van der Waals surface area contributed by atoms with E-state index < -0.39 is 0 Å². The van der Waals surface area contributed by atoms with Crippen LogP contribution in [-0.2, 0) is 6.54 Å². The Balaban J connectivity index is 0.000001000. The van der Waals surface area contributed by atoms with Crippen LogP contribution in [-0.4, -0.2) is 17.1 Å². The van der Waals surface area contributed by atoms with Crippen LogP contribution in [0.25, 0.3) is 0 Å². The van der Waals surface area contributed by atoms with Crippen LogP contribution in [0.3, 0.4) is 0 Å². The lowest BCUT2D eigenvalue weighted by atomic mass is 10.4. The van der Waals surface area contributed by atoms with E-state index in [1.54, 1.807) is 12.4 Å². The summed E-state index contributed by atoms with van der Waals surface area (Å²) in [6.45, 7) is 0.462. The highest BCUT2D eigenvalue weighted by Gasteiger charge is 1.92. The molecule has 0 aliphatic heterocycles. The molecular formula is C6H10ClN3O. The molecule has 5 heteroatoms. The van der Waals surface area contributed by atoms with Crippen molar-refractivity contribution in [1.29, 1.82) is 0 Å².